The van der Waals surface area contributed by atoms with Crippen molar-refractivity contribution in [3.8, 4) is 0 Å². The molecule has 102 valence electrons. The van der Waals surface area contributed by atoms with Crippen LogP contribution in [0.4, 0.5) is 0 Å². The van der Waals surface area contributed by atoms with E-state index in [1.807, 2.05) is 0 Å². The quantitative estimate of drug-likeness (QED) is 0.739. The minimum Gasteiger partial charge on any atom is -0.389 e. The van der Waals surface area contributed by atoms with Gasteiger partial charge in [-0.1, -0.05) is 20.8 Å². The van der Waals surface area contributed by atoms with Crippen LogP contribution in [-0.4, -0.2) is 59.8 Å². The van der Waals surface area contributed by atoms with Crippen molar-refractivity contribution >= 4 is 0 Å². The molecule has 1 N–H and O–H groups in total. The van der Waals surface area contributed by atoms with Gasteiger partial charge < -0.3 is 10.0 Å². The van der Waals surface area contributed by atoms with Crippen LogP contribution in [0.1, 0.15) is 46.5 Å². The molecule has 0 bridgehead atoms. The highest BCUT2D eigenvalue weighted by Gasteiger charge is 2.28. The van der Waals surface area contributed by atoms with Gasteiger partial charge in [0, 0.05) is 19.1 Å². The highest BCUT2D eigenvalue weighted by molar-refractivity contribution is 4.84. The smallest absolute Gasteiger partial charge is 0.0768 e. The van der Waals surface area contributed by atoms with Crippen molar-refractivity contribution in [2.75, 3.05) is 33.2 Å². The molecule has 3 heteroatoms. The third-order valence-corrected chi connectivity index (χ3v) is 4.31. The zero-order valence-corrected chi connectivity index (χ0v) is 12.1. The zero-order chi connectivity index (χ0) is 12.9. The summed E-state index contributed by atoms with van der Waals surface area (Å²) < 4.78 is 0. The van der Waals surface area contributed by atoms with Crippen molar-refractivity contribution in [2.45, 2.75) is 58.1 Å². The summed E-state index contributed by atoms with van der Waals surface area (Å²) in [6.45, 7) is 10.7. The first-order chi connectivity index (χ1) is 8.04. The summed E-state index contributed by atoms with van der Waals surface area (Å²) in [5.74, 6) is 0. The molecule has 0 aromatic heterocycles. The van der Waals surface area contributed by atoms with Crippen molar-refractivity contribution in [3.05, 3.63) is 0 Å². The number of likely N-dealkylation sites (N-methyl/N-ethyl adjacent to an activating group) is 2. The van der Waals surface area contributed by atoms with Crippen LogP contribution in [0.15, 0.2) is 0 Å². The van der Waals surface area contributed by atoms with Crippen molar-refractivity contribution < 1.29 is 5.11 Å². The lowest BCUT2D eigenvalue weighted by atomic mass is 9.97. The van der Waals surface area contributed by atoms with Gasteiger partial charge in [-0.15, -0.1) is 0 Å². The number of rotatable bonds is 7. The summed E-state index contributed by atoms with van der Waals surface area (Å²) in [5.41, 5.74) is -0.496. The molecular weight excluding hydrogens is 212 g/mol. The number of nitrogens with zero attached hydrogens (tertiary/aromatic N) is 2. The standard InChI is InChI=1S/C14H30N2O/c1-5-14(17,6-2)12-15(4)11-13-9-8-10-16(13)7-3/h13,17H,5-12H2,1-4H3. The van der Waals surface area contributed by atoms with E-state index >= 15 is 0 Å². The summed E-state index contributed by atoms with van der Waals surface area (Å²) in [6, 6.07) is 0.697. The predicted molar refractivity (Wildman–Crippen MR) is 73.3 cm³/mol. The maximum absolute atomic E-state index is 10.3. The number of likely N-dealkylation sites (tertiary alicyclic amines) is 1. The summed E-state index contributed by atoms with van der Waals surface area (Å²) >= 11 is 0. The Balaban J connectivity index is 2.40. The van der Waals surface area contributed by atoms with Crippen LogP contribution in [0, 0.1) is 0 Å². The number of hydrogen-bond acceptors (Lipinski definition) is 3. The fourth-order valence-corrected chi connectivity index (χ4v) is 2.92. The lowest BCUT2D eigenvalue weighted by Crippen LogP contribution is -2.45. The van der Waals surface area contributed by atoms with Gasteiger partial charge >= 0.3 is 0 Å². The van der Waals surface area contributed by atoms with Crippen LogP contribution in [0.5, 0.6) is 0 Å². The number of aliphatic hydroxyl groups is 1. The van der Waals surface area contributed by atoms with Crippen molar-refractivity contribution in [3.63, 3.8) is 0 Å². The Morgan fingerprint density at radius 1 is 1.29 bits per heavy atom. The van der Waals surface area contributed by atoms with Gasteiger partial charge in [0.15, 0.2) is 0 Å². The normalized spacial score (nSPS) is 22.6. The topological polar surface area (TPSA) is 26.7 Å². The molecule has 0 saturated carbocycles. The van der Waals surface area contributed by atoms with Crippen LogP contribution >= 0.6 is 0 Å². The lowest BCUT2D eigenvalue weighted by Gasteiger charge is -2.34. The van der Waals surface area contributed by atoms with Gasteiger partial charge in [-0.25, -0.2) is 0 Å². The Bertz CT molecular complexity index is 216. The monoisotopic (exact) mass is 242 g/mol. The molecule has 1 unspecified atom stereocenters. The lowest BCUT2D eigenvalue weighted by molar-refractivity contribution is -0.00129. The van der Waals surface area contributed by atoms with Crippen LogP contribution < -0.4 is 0 Å². The van der Waals surface area contributed by atoms with Gasteiger partial charge in [-0.05, 0) is 45.8 Å². The maximum atomic E-state index is 10.3. The molecule has 0 radical (unpaired) electrons. The second-order valence-corrected chi connectivity index (χ2v) is 5.55. The summed E-state index contributed by atoms with van der Waals surface area (Å²) in [6.07, 6.45) is 4.33. The molecule has 0 amide bonds. The Labute approximate surface area is 107 Å². The van der Waals surface area contributed by atoms with Gasteiger partial charge in [0.25, 0.3) is 0 Å². The fraction of sp³-hybridized carbons (Fsp3) is 1.00. The van der Waals surface area contributed by atoms with Gasteiger partial charge in [0.2, 0.25) is 0 Å². The average molecular weight is 242 g/mol. The molecule has 1 atom stereocenters. The van der Waals surface area contributed by atoms with Crippen LogP contribution in [0.25, 0.3) is 0 Å². The van der Waals surface area contributed by atoms with E-state index in [9.17, 15) is 5.11 Å². The average Bonchev–Trinajstić information content (AvgIpc) is 2.75. The SMILES string of the molecule is CCN1CCCC1CN(C)CC(O)(CC)CC. The molecule has 0 aromatic carbocycles. The van der Waals surface area contributed by atoms with Gasteiger partial charge in [0.1, 0.15) is 0 Å². The third kappa shape index (κ3) is 4.23. The van der Waals surface area contributed by atoms with E-state index in [1.54, 1.807) is 0 Å². The molecule has 1 aliphatic heterocycles. The van der Waals surface area contributed by atoms with Gasteiger partial charge in [-0.3, -0.25) is 4.90 Å². The number of hydrogen-bond donors (Lipinski definition) is 1. The molecule has 0 spiro atoms. The van der Waals surface area contributed by atoms with E-state index in [2.05, 4.69) is 37.6 Å². The Morgan fingerprint density at radius 2 is 1.94 bits per heavy atom. The van der Waals surface area contributed by atoms with Gasteiger partial charge in [-0.2, -0.15) is 0 Å². The molecule has 0 aromatic rings. The second-order valence-electron chi connectivity index (χ2n) is 5.55. The first kappa shape index (κ1) is 14.9. The highest BCUT2D eigenvalue weighted by atomic mass is 16.3. The summed E-state index contributed by atoms with van der Waals surface area (Å²) in [5, 5.41) is 10.3. The molecule has 1 rings (SSSR count). The van der Waals surface area contributed by atoms with Crippen molar-refractivity contribution in [1.29, 1.82) is 0 Å². The Hall–Kier alpha value is -0.120. The molecule has 3 nitrogen and oxygen atoms in total. The van der Waals surface area contributed by atoms with Crippen LogP contribution in [0.3, 0.4) is 0 Å². The molecule has 17 heavy (non-hydrogen) atoms. The first-order valence-corrected chi connectivity index (χ1v) is 7.19. The molecular formula is C14H30N2O. The second kappa shape index (κ2) is 6.72. The predicted octanol–water partition coefficient (Wildman–Crippen LogP) is 1.95. The fourth-order valence-electron chi connectivity index (χ4n) is 2.92. The molecule has 1 heterocycles. The van der Waals surface area contributed by atoms with Crippen molar-refractivity contribution in [2.24, 2.45) is 0 Å². The van der Waals surface area contributed by atoms with E-state index < -0.39 is 5.60 Å². The van der Waals surface area contributed by atoms with Crippen LogP contribution in [0.2, 0.25) is 0 Å². The first-order valence-electron chi connectivity index (χ1n) is 7.19. The molecule has 1 aliphatic rings. The van der Waals surface area contributed by atoms with Crippen LogP contribution in [-0.2, 0) is 0 Å². The largest absolute Gasteiger partial charge is 0.389 e. The van der Waals surface area contributed by atoms with E-state index in [0.29, 0.717) is 6.04 Å². The minimum absolute atomic E-state index is 0.496. The highest BCUT2D eigenvalue weighted by Crippen LogP contribution is 2.20. The summed E-state index contributed by atoms with van der Waals surface area (Å²) in [7, 11) is 2.14. The maximum Gasteiger partial charge on any atom is 0.0768 e. The van der Waals surface area contributed by atoms with Gasteiger partial charge in [0.05, 0.1) is 5.60 Å². The van der Waals surface area contributed by atoms with E-state index in [0.717, 1.165) is 32.5 Å². The van der Waals surface area contributed by atoms with E-state index in [1.165, 1.54) is 19.4 Å². The minimum atomic E-state index is -0.496. The van der Waals surface area contributed by atoms with Crippen molar-refractivity contribution in [1.82, 2.24) is 9.80 Å². The molecule has 1 saturated heterocycles. The molecule has 0 aliphatic carbocycles. The van der Waals surface area contributed by atoms with E-state index in [-0.39, 0.29) is 0 Å². The third-order valence-electron chi connectivity index (χ3n) is 4.31. The summed E-state index contributed by atoms with van der Waals surface area (Å²) in [4.78, 5) is 4.87. The Morgan fingerprint density at radius 3 is 2.47 bits per heavy atom. The molecule has 1 fully saturated rings. The Kier molecular flexibility index (Phi) is 5.90. The zero-order valence-electron chi connectivity index (χ0n) is 12.1. The van der Waals surface area contributed by atoms with E-state index in [4.69, 9.17) is 0 Å².